The number of nitrogens with zero attached hydrogens (tertiary/aromatic N) is 2. The summed E-state index contributed by atoms with van der Waals surface area (Å²) < 4.78 is 24.6. The highest BCUT2D eigenvalue weighted by Crippen LogP contribution is 2.56. The van der Waals surface area contributed by atoms with Crippen molar-refractivity contribution in [2.45, 2.75) is 374 Å². The van der Waals surface area contributed by atoms with Gasteiger partial charge in [-0.15, -0.1) is 0 Å². The van der Waals surface area contributed by atoms with Gasteiger partial charge in [0, 0.05) is 39.5 Å². The van der Waals surface area contributed by atoms with Gasteiger partial charge in [-0.25, -0.2) is 0 Å². The van der Waals surface area contributed by atoms with Crippen molar-refractivity contribution in [2.24, 2.45) is 47.3 Å². The summed E-state index contributed by atoms with van der Waals surface area (Å²) in [4.78, 5) is 4.46. The van der Waals surface area contributed by atoms with E-state index in [1.165, 1.54) is 283 Å². The van der Waals surface area contributed by atoms with Crippen LogP contribution in [-0.4, -0.2) is 103 Å². The first-order chi connectivity index (χ1) is 45.3. The van der Waals surface area contributed by atoms with Crippen LogP contribution in [0.15, 0.2) is 48.6 Å². The van der Waals surface area contributed by atoms with E-state index in [9.17, 15) is 0 Å². The minimum atomic E-state index is 0.188. The van der Waals surface area contributed by atoms with Crippen molar-refractivity contribution >= 4 is 0 Å². The molecule has 4 aliphatic carbocycles. The van der Waals surface area contributed by atoms with E-state index < -0.39 is 0 Å². The molecule has 0 aromatic heterocycles. The van der Waals surface area contributed by atoms with Gasteiger partial charge in [-0.1, -0.05) is 282 Å². The van der Waals surface area contributed by atoms with Crippen LogP contribution in [0.1, 0.15) is 362 Å². The average molecular weight is 1290 g/mol. The molecule has 0 spiro atoms. The lowest BCUT2D eigenvalue weighted by molar-refractivity contribution is -0.0288. The fourth-order valence-corrected chi connectivity index (χ4v) is 14.8. The number of ether oxygens (including phenoxy) is 4. The lowest BCUT2D eigenvalue weighted by Crippen LogP contribution is -2.32. The van der Waals surface area contributed by atoms with E-state index in [0.717, 1.165) is 113 Å². The fourth-order valence-electron chi connectivity index (χ4n) is 14.8. The number of likely N-dealkylation sites (N-methyl/N-ethyl adjacent to an activating group) is 2. The zero-order valence-electron chi connectivity index (χ0n) is 63.3. The second-order valence-electron chi connectivity index (χ2n) is 31.1. The number of rotatable bonds is 70. The summed E-state index contributed by atoms with van der Waals surface area (Å²) in [5, 5.41) is 0. The Hall–Kier alpha value is -1.28. The third kappa shape index (κ3) is 53.7. The van der Waals surface area contributed by atoms with Crippen molar-refractivity contribution in [1.82, 2.24) is 9.80 Å². The van der Waals surface area contributed by atoms with Crippen LogP contribution in [0, 0.1) is 47.3 Å². The van der Waals surface area contributed by atoms with E-state index >= 15 is 0 Å². The lowest BCUT2D eigenvalue weighted by atomic mass is 10.0. The van der Waals surface area contributed by atoms with Crippen molar-refractivity contribution < 1.29 is 18.9 Å². The Morgan fingerprint density at radius 2 is 0.533 bits per heavy atom. The Morgan fingerprint density at radius 1 is 0.283 bits per heavy atom. The lowest BCUT2D eigenvalue weighted by Gasteiger charge is -2.21. The molecule has 0 amide bonds. The number of hydrogen-bond donors (Lipinski definition) is 0. The molecule has 0 heterocycles. The first-order valence-corrected chi connectivity index (χ1v) is 41.6. The maximum atomic E-state index is 6.29. The molecule has 92 heavy (non-hydrogen) atoms. The molecule has 6 heteroatoms. The first kappa shape index (κ1) is 84.9. The quantitative estimate of drug-likeness (QED) is 0.0447. The van der Waals surface area contributed by atoms with Crippen LogP contribution in [0.2, 0.25) is 0 Å². The summed E-state index contributed by atoms with van der Waals surface area (Å²) in [6.45, 7) is 16.1. The van der Waals surface area contributed by atoms with Gasteiger partial charge in [0.25, 0.3) is 0 Å². The molecule has 6 nitrogen and oxygen atoms in total. The number of unbranched alkanes of at least 4 members (excludes halogenated alkanes) is 32. The fraction of sp³-hybridized carbons (Fsp3) is 0.907. The standard InChI is InChI=1S/C45H85NO2.C41H77NO2/c1-5-7-17-23-37-29-41(37)33-43-31-39(43)25-19-13-9-11-15-21-27-47-36-45(35-46(3)4)48-28-22-16-12-10-14-20-26-40-32-44(40)34-42-30-38(42)24-18-8-6-2;1-5-7-9-11-13-15-17-19-21-23-25-27-29-31-33-35-37-43-40-41(39-42(3)4)44-38-36-34-32-30-28-26-24-22-20-18-16-14-12-10-8-6-2/h37-45H,5-36H2,1-4H3;13-16,19-22,41H,5-12,17-18,23-40H2,1-4H3/b;15-13-,16-14-,21-19-,22-20-. The molecular weight excluding hydrogens is 1120 g/mol. The Kier molecular flexibility index (Phi) is 57.3. The highest BCUT2D eigenvalue weighted by molar-refractivity contribution is 4.97. The third-order valence-corrected chi connectivity index (χ3v) is 21.2. The van der Waals surface area contributed by atoms with Crippen molar-refractivity contribution in [3.63, 3.8) is 0 Å². The van der Waals surface area contributed by atoms with Gasteiger partial charge < -0.3 is 28.7 Å². The van der Waals surface area contributed by atoms with Crippen molar-refractivity contribution in [2.75, 3.05) is 80.9 Å². The van der Waals surface area contributed by atoms with Crippen LogP contribution in [0.5, 0.6) is 0 Å². The maximum Gasteiger partial charge on any atom is 0.0934 e. The molecule has 4 fully saturated rings. The number of allylic oxidation sites excluding steroid dienone is 8. The Labute approximate surface area is 576 Å². The summed E-state index contributed by atoms with van der Waals surface area (Å²) in [5.41, 5.74) is 0. The SMILES string of the molecule is CCCCC/C=C\C/C=C\CCCCCCCCOCC(CN(C)C)OCCCCCCCC/C=C\C/C=C\CCCCC.CCCCCC1CC1CC1CC1CCCCCCCCOCC(CN(C)C)OCCCCCCCCC1CC1CC1CC1CCCCC. The smallest absolute Gasteiger partial charge is 0.0934 e. The van der Waals surface area contributed by atoms with Gasteiger partial charge in [0.15, 0.2) is 0 Å². The predicted octanol–water partition coefficient (Wildman–Crippen LogP) is 25.5. The van der Waals surface area contributed by atoms with Crippen LogP contribution in [-0.2, 0) is 18.9 Å². The highest BCUT2D eigenvalue weighted by Gasteiger charge is 2.45. The van der Waals surface area contributed by atoms with Gasteiger partial charge in [-0.05, 0) is 204 Å². The minimum absolute atomic E-state index is 0.188. The molecule has 0 aromatic rings. The molecule has 540 valence electrons. The van der Waals surface area contributed by atoms with Crippen LogP contribution in [0.25, 0.3) is 0 Å². The summed E-state index contributed by atoms with van der Waals surface area (Å²) in [7, 11) is 8.55. The molecule has 10 atom stereocenters. The zero-order valence-corrected chi connectivity index (χ0v) is 63.3. The molecule has 10 unspecified atom stereocenters. The molecule has 4 saturated carbocycles. The first-order valence-electron chi connectivity index (χ1n) is 41.6. The second kappa shape index (κ2) is 62.0. The van der Waals surface area contributed by atoms with E-state index in [2.05, 4.69) is 114 Å². The van der Waals surface area contributed by atoms with Gasteiger partial charge in [0.2, 0.25) is 0 Å². The molecule has 4 rings (SSSR count). The normalized spacial score (nSPS) is 21.7. The molecule has 0 aliphatic heterocycles. The Morgan fingerprint density at radius 3 is 0.837 bits per heavy atom. The van der Waals surface area contributed by atoms with Gasteiger partial charge in [0.1, 0.15) is 0 Å². The minimum Gasteiger partial charge on any atom is -0.379 e. The van der Waals surface area contributed by atoms with Crippen molar-refractivity contribution in [1.29, 1.82) is 0 Å². The van der Waals surface area contributed by atoms with Gasteiger partial charge >= 0.3 is 0 Å². The largest absolute Gasteiger partial charge is 0.379 e. The maximum absolute atomic E-state index is 6.29. The average Bonchev–Trinajstić information content (AvgIpc) is 1.69. The van der Waals surface area contributed by atoms with E-state index in [1.54, 1.807) is 38.5 Å². The van der Waals surface area contributed by atoms with Crippen LogP contribution >= 0.6 is 0 Å². The summed E-state index contributed by atoms with van der Waals surface area (Å²) in [5.74, 6) is 8.94. The number of hydrogen-bond acceptors (Lipinski definition) is 6. The highest BCUT2D eigenvalue weighted by atomic mass is 16.5. The third-order valence-electron chi connectivity index (χ3n) is 21.2. The molecule has 0 N–H and O–H groups in total. The summed E-state index contributed by atoms with van der Waals surface area (Å²) >= 11 is 0. The molecule has 0 saturated heterocycles. The summed E-state index contributed by atoms with van der Waals surface area (Å²) in [6.07, 6.45) is 90.7. The molecule has 0 bridgehead atoms. The van der Waals surface area contributed by atoms with Gasteiger partial charge in [0.05, 0.1) is 25.4 Å². The zero-order chi connectivity index (χ0) is 65.8. The van der Waals surface area contributed by atoms with Gasteiger partial charge in [-0.3, -0.25) is 0 Å². The molecule has 4 aliphatic rings. The van der Waals surface area contributed by atoms with Gasteiger partial charge in [-0.2, -0.15) is 0 Å². The van der Waals surface area contributed by atoms with E-state index in [4.69, 9.17) is 18.9 Å². The summed E-state index contributed by atoms with van der Waals surface area (Å²) in [6, 6.07) is 0. The van der Waals surface area contributed by atoms with Crippen molar-refractivity contribution in [3.8, 4) is 0 Å². The van der Waals surface area contributed by atoms with Crippen LogP contribution in [0.3, 0.4) is 0 Å². The Bertz CT molecular complexity index is 1680. The predicted molar refractivity (Wildman–Crippen MR) is 405 cm³/mol. The monoisotopic (exact) mass is 1290 g/mol. The Balaban J connectivity index is 0.000000483. The van der Waals surface area contributed by atoms with E-state index in [-0.39, 0.29) is 12.2 Å². The van der Waals surface area contributed by atoms with E-state index in [0.29, 0.717) is 0 Å². The van der Waals surface area contributed by atoms with E-state index in [1.807, 2.05) is 0 Å². The van der Waals surface area contributed by atoms with Crippen LogP contribution in [0.4, 0.5) is 0 Å². The molecule has 0 aromatic carbocycles. The molecule has 0 radical (unpaired) electrons. The van der Waals surface area contributed by atoms with Crippen LogP contribution < -0.4 is 0 Å². The second-order valence-corrected chi connectivity index (χ2v) is 31.1. The topological polar surface area (TPSA) is 43.4 Å². The molecular formula is C86H162N2O4. The van der Waals surface area contributed by atoms with Crippen molar-refractivity contribution in [3.05, 3.63) is 48.6 Å².